The monoisotopic (exact) mass is 537 g/mol. The number of phosphoric acid groups is 1. The summed E-state index contributed by atoms with van der Waals surface area (Å²) < 4.78 is 26.0. The predicted molar refractivity (Wildman–Crippen MR) is 142 cm³/mol. The minimum Gasteiger partial charge on any atom is -0.463 e. The molecule has 0 saturated carbocycles. The minimum atomic E-state index is -4.35. The number of ether oxygens (including phenoxy) is 1. The van der Waals surface area contributed by atoms with E-state index in [2.05, 4.69) is 21.3 Å². The molecule has 36 heavy (non-hydrogen) atoms. The van der Waals surface area contributed by atoms with Gasteiger partial charge in [0.1, 0.15) is 12.7 Å². The van der Waals surface area contributed by atoms with Crippen molar-refractivity contribution in [2.75, 3.05) is 26.4 Å². The van der Waals surface area contributed by atoms with Crippen LogP contribution in [0.3, 0.4) is 0 Å². The first-order valence-electron chi connectivity index (χ1n) is 14.0. The number of unbranched alkanes of at least 4 members (excludes halogenated alkanes) is 15. The molecule has 0 aromatic rings. The molecule has 0 heterocycles. The van der Waals surface area contributed by atoms with Gasteiger partial charge in [-0.3, -0.25) is 18.6 Å². The first kappa shape index (κ1) is 35.0. The normalized spacial score (nSPS) is 13.8. The van der Waals surface area contributed by atoms with Gasteiger partial charge in [-0.15, -0.1) is 0 Å². The Hall–Kier alpha value is -0.990. The highest BCUT2D eigenvalue weighted by molar-refractivity contribution is 7.47. The van der Waals surface area contributed by atoms with E-state index in [1.165, 1.54) is 90.4 Å². The predicted octanol–water partition coefficient (Wildman–Crippen LogP) is 5.81. The third-order valence-corrected chi connectivity index (χ3v) is 6.82. The van der Waals surface area contributed by atoms with Crippen LogP contribution in [0.5, 0.6) is 0 Å². The van der Waals surface area contributed by atoms with Crippen LogP contribution >= 0.6 is 7.82 Å². The van der Waals surface area contributed by atoms with Crippen molar-refractivity contribution in [1.82, 2.24) is 5.32 Å². The van der Waals surface area contributed by atoms with Crippen LogP contribution in [-0.2, 0) is 27.9 Å². The van der Waals surface area contributed by atoms with Crippen molar-refractivity contribution in [3.63, 3.8) is 0 Å². The Bertz CT molecular complexity index is 590. The molecule has 0 aliphatic rings. The first-order chi connectivity index (χ1) is 17.3. The van der Waals surface area contributed by atoms with E-state index >= 15 is 0 Å². The number of nitrogens with one attached hydrogen (secondary N) is 1. The Morgan fingerprint density at radius 2 is 1.25 bits per heavy atom. The number of phosphoric ester groups is 1. The van der Waals surface area contributed by atoms with E-state index in [1.54, 1.807) is 0 Å². The zero-order chi connectivity index (χ0) is 26.9. The fourth-order valence-corrected chi connectivity index (χ4v) is 4.49. The second-order valence-electron chi connectivity index (χ2n) is 9.47. The Labute approximate surface area is 218 Å². The van der Waals surface area contributed by atoms with E-state index in [0.717, 1.165) is 19.3 Å². The smallest absolute Gasteiger partial charge is 0.463 e. The largest absolute Gasteiger partial charge is 0.472 e. The van der Waals surface area contributed by atoms with E-state index in [0.29, 0.717) is 0 Å². The van der Waals surface area contributed by atoms with Gasteiger partial charge in [-0.25, -0.2) is 4.57 Å². The van der Waals surface area contributed by atoms with E-state index in [9.17, 15) is 24.2 Å². The van der Waals surface area contributed by atoms with Crippen molar-refractivity contribution >= 4 is 19.7 Å². The summed E-state index contributed by atoms with van der Waals surface area (Å²) in [6.45, 7) is 2.59. The van der Waals surface area contributed by atoms with Gasteiger partial charge in [0.05, 0.1) is 13.2 Å². The number of aliphatic hydroxyl groups is 1. The fourth-order valence-electron chi connectivity index (χ4n) is 3.73. The summed E-state index contributed by atoms with van der Waals surface area (Å²) in [5.74, 6) is -0.692. The maximum absolute atomic E-state index is 11.8. The standard InChI is InChI=1S/C26H52NO8P/c1-3-4-5-6-7-8-9-10-11-12-13-14-15-16-17-18-19-26(30)33-22-25(29)23-35-36(31,32)34-21-20-27-24(2)28/h25,29H,3-23H2,1-2H3,(H,27,28)(H,31,32). The van der Waals surface area contributed by atoms with Gasteiger partial charge in [0, 0.05) is 19.9 Å². The van der Waals surface area contributed by atoms with Crippen molar-refractivity contribution in [3.8, 4) is 0 Å². The second-order valence-corrected chi connectivity index (χ2v) is 10.9. The molecule has 0 aromatic heterocycles. The van der Waals surface area contributed by atoms with Gasteiger partial charge in [-0.05, 0) is 6.42 Å². The number of rotatable bonds is 26. The van der Waals surface area contributed by atoms with Gasteiger partial charge in [0.2, 0.25) is 5.91 Å². The maximum Gasteiger partial charge on any atom is 0.472 e. The number of carbonyl (C=O) groups excluding carboxylic acids is 2. The van der Waals surface area contributed by atoms with E-state index in [-0.39, 0.29) is 32.1 Å². The molecule has 214 valence electrons. The molecule has 0 bridgehead atoms. The van der Waals surface area contributed by atoms with Crippen LogP contribution in [0, 0.1) is 0 Å². The lowest BCUT2D eigenvalue weighted by Crippen LogP contribution is -2.25. The quantitative estimate of drug-likeness (QED) is 0.0715. The topological polar surface area (TPSA) is 131 Å². The molecule has 0 saturated heterocycles. The zero-order valence-electron chi connectivity index (χ0n) is 22.7. The third-order valence-electron chi connectivity index (χ3n) is 5.83. The summed E-state index contributed by atoms with van der Waals surface area (Å²) in [5, 5.41) is 12.2. The molecule has 0 fully saturated rings. The third kappa shape index (κ3) is 26.1. The van der Waals surface area contributed by atoms with Gasteiger partial charge in [0.25, 0.3) is 0 Å². The molecule has 0 aliphatic heterocycles. The highest BCUT2D eigenvalue weighted by atomic mass is 31.2. The van der Waals surface area contributed by atoms with Crippen LogP contribution in [-0.4, -0.2) is 54.3 Å². The lowest BCUT2D eigenvalue weighted by atomic mass is 10.0. The Balaban J connectivity index is 3.48. The molecule has 9 nitrogen and oxygen atoms in total. The van der Waals surface area contributed by atoms with Gasteiger partial charge < -0.3 is 20.1 Å². The van der Waals surface area contributed by atoms with Crippen molar-refractivity contribution < 1.29 is 37.9 Å². The average Bonchev–Trinajstić information content (AvgIpc) is 2.84. The SMILES string of the molecule is CCCCCCCCCCCCCCCCCCC(=O)OCC(O)COP(=O)(O)OCCNC(C)=O. The van der Waals surface area contributed by atoms with Crippen LogP contribution in [0.4, 0.5) is 0 Å². The Morgan fingerprint density at radius 1 is 0.778 bits per heavy atom. The van der Waals surface area contributed by atoms with Crippen LogP contribution in [0.25, 0.3) is 0 Å². The number of hydrogen-bond acceptors (Lipinski definition) is 7. The van der Waals surface area contributed by atoms with Crippen LogP contribution in [0.2, 0.25) is 0 Å². The summed E-state index contributed by atoms with van der Waals surface area (Å²) in [7, 11) is -4.35. The van der Waals surface area contributed by atoms with E-state index in [4.69, 9.17) is 4.74 Å². The summed E-state index contributed by atoms with van der Waals surface area (Å²) in [4.78, 5) is 32.0. The first-order valence-corrected chi connectivity index (χ1v) is 15.5. The molecule has 10 heteroatoms. The molecule has 0 spiro atoms. The summed E-state index contributed by atoms with van der Waals surface area (Å²) in [6.07, 6.45) is 19.3. The number of carbonyl (C=O) groups is 2. The minimum absolute atomic E-state index is 0.0583. The summed E-state index contributed by atoms with van der Waals surface area (Å²) in [5.41, 5.74) is 0. The van der Waals surface area contributed by atoms with Crippen LogP contribution in [0.1, 0.15) is 123 Å². The summed E-state index contributed by atoms with van der Waals surface area (Å²) >= 11 is 0. The molecular formula is C26H52NO8P. The van der Waals surface area contributed by atoms with E-state index in [1.807, 2.05) is 0 Å². The second kappa shape index (κ2) is 24.4. The number of hydrogen-bond donors (Lipinski definition) is 3. The molecule has 0 aliphatic carbocycles. The number of aliphatic hydroxyl groups excluding tert-OH is 1. The molecule has 2 atom stereocenters. The van der Waals surface area contributed by atoms with Gasteiger partial charge in [-0.2, -0.15) is 0 Å². The Kier molecular flexibility index (Phi) is 23.7. The molecule has 2 unspecified atom stereocenters. The number of amides is 1. The molecule has 0 aromatic carbocycles. The van der Waals surface area contributed by atoms with Crippen molar-refractivity contribution in [1.29, 1.82) is 0 Å². The molecular weight excluding hydrogens is 485 g/mol. The van der Waals surface area contributed by atoms with E-state index < -0.39 is 26.5 Å². The Morgan fingerprint density at radius 3 is 1.72 bits per heavy atom. The van der Waals surface area contributed by atoms with Crippen LogP contribution < -0.4 is 5.32 Å². The molecule has 0 rings (SSSR count). The highest BCUT2D eigenvalue weighted by Crippen LogP contribution is 2.42. The van der Waals surface area contributed by atoms with Gasteiger partial charge >= 0.3 is 13.8 Å². The van der Waals surface area contributed by atoms with Crippen LogP contribution in [0.15, 0.2) is 0 Å². The maximum atomic E-state index is 11.8. The van der Waals surface area contributed by atoms with Crippen molar-refractivity contribution in [2.24, 2.45) is 0 Å². The molecule has 0 radical (unpaired) electrons. The lowest BCUT2D eigenvalue weighted by molar-refractivity contribution is -0.147. The summed E-state index contributed by atoms with van der Waals surface area (Å²) in [6, 6.07) is 0. The van der Waals surface area contributed by atoms with Crippen molar-refractivity contribution in [2.45, 2.75) is 129 Å². The van der Waals surface area contributed by atoms with Crippen molar-refractivity contribution in [3.05, 3.63) is 0 Å². The fraction of sp³-hybridized carbons (Fsp3) is 0.923. The molecule has 3 N–H and O–H groups in total. The zero-order valence-corrected chi connectivity index (χ0v) is 23.6. The molecule has 1 amide bonds. The van der Waals surface area contributed by atoms with Gasteiger partial charge in [0.15, 0.2) is 0 Å². The van der Waals surface area contributed by atoms with Gasteiger partial charge in [-0.1, -0.05) is 103 Å². The number of esters is 1. The average molecular weight is 538 g/mol. The lowest BCUT2D eigenvalue weighted by Gasteiger charge is -2.15. The highest BCUT2D eigenvalue weighted by Gasteiger charge is 2.23.